The van der Waals surface area contributed by atoms with Crippen molar-refractivity contribution in [2.75, 3.05) is 7.11 Å². The van der Waals surface area contributed by atoms with Crippen LogP contribution in [0.2, 0.25) is 0 Å². The fourth-order valence-electron chi connectivity index (χ4n) is 0.903. The van der Waals surface area contributed by atoms with Gasteiger partial charge in [-0.25, -0.2) is 8.78 Å². The van der Waals surface area contributed by atoms with Crippen LogP contribution in [0.4, 0.5) is 8.78 Å². The van der Waals surface area contributed by atoms with Crippen molar-refractivity contribution in [1.29, 1.82) is 0 Å². The van der Waals surface area contributed by atoms with E-state index in [4.69, 9.17) is 4.74 Å². The van der Waals surface area contributed by atoms with E-state index in [1.54, 1.807) is 7.11 Å². The summed E-state index contributed by atoms with van der Waals surface area (Å²) in [7, 11) is 1.56. The van der Waals surface area contributed by atoms with Crippen LogP contribution in [0.25, 0.3) is 0 Å². The zero-order valence-electron chi connectivity index (χ0n) is 7.36. The van der Waals surface area contributed by atoms with Crippen molar-refractivity contribution in [2.45, 2.75) is 45.1 Å². The van der Waals surface area contributed by atoms with Crippen molar-refractivity contribution >= 4 is 0 Å². The summed E-state index contributed by atoms with van der Waals surface area (Å²) in [5.74, 6) is -2.55. The molecule has 11 heavy (non-hydrogen) atoms. The minimum atomic E-state index is -2.55. The first kappa shape index (κ1) is 10.8. The second-order valence-corrected chi connectivity index (χ2v) is 2.87. The summed E-state index contributed by atoms with van der Waals surface area (Å²) in [5, 5.41) is 0. The largest absolute Gasteiger partial charge is 0.381 e. The summed E-state index contributed by atoms with van der Waals surface area (Å²) < 4.78 is 29.6. The number of methoxy groups -OCH3 is 1. The molecule has 1 nitrogen and oxygen atoms in total. The van der Waals surface area contributed by atoms with Crippen molar-refractivity contribution in [3.63, 3.8) is 0 Å². The quantitative estimate of drug-likeness (QED) is 0.610. The molecule has 0 saturated carbocycles. The molecule has 0 rings (SSSR count). The van der Waals surface area contributed by atoms with Gasteiger partial charge in [0.1, 0.15) is 0 Å². The molecule has 0 aliphatic carbocycles. The van der Waals surface area contributed by atoms with Crippen molar-refractivity contribution in [2.24, 2.45) is 0 Å². The smallest absolute Gasteiger partial charge is 0.245 e. The van der Waals surface area contributed by atoms with Crippen molar-refractivity contribution in [3.8, 4) is 0 Å². The molecular formula is C8H16F2O. The Hall–Kier alpha value is -0.180. The summed E-state index contributed by atoms with van der Waals surface area (Å²) in [6.45, 7) is 2.87. The molecule has 0 fully saturated rings. The number of hydrogen-bond acceptors (Lipinski definition) is 1. The number of hydrogen-bond donors (Lipinski definition) is 0. The molecule has 0 aliphatic rings. The van der Waals surface area contributed by atoms with Gasteiger partial charge in [-0.15, -0.1) is 0 Å². The van der Waals surface area contributed by atoms with Gasteiger partial charge in [-0.2, -0.15) is 0 Å². The lowest BCUT2D eigenvalue weighted by Gasteiger charge is -2.15. The molecule has 0 aliphatic heterocycles. The van der Waals surface area contributed by atoms with Crippen LogP contribution in [-0.4, -0.2) is 19.1 Å². The fourth-order valence-corrected chi connectivity index (χ4v) is 0.903. The molecule has 0 saturated heterocycles. The first-order valence-corrected chi connectivity index (χ1v) is 3.90. The van der Waals surface area contributed by atoms with Gasteiger partial charge in [-0.05, 0) is 19.8 Å². The van der Waals surface area contributed by atoms with Crippen molar-refractivity contribution in [3.05, 3.63) is 0 Å². The van der Waals surface area contributed by atoms with E-state index in [2.05, 4.69) is 0 Å². The zero-order chi connectivity index (χ0) is 8.91. The highest BCUT2D eigenvalue weighted by atomic mass is 19.3. The molecule has 0 N–H and O–H groups in total. The first-order valence-electron chi connectivity index (χ1n) is 3.90. The van der Waals surface area contributed by atoms with Crippen LogP contribution >= 0.6 is 0 Å². The van der Waals surface area contributed by atoms with Crippen LogP contribution in [0, 0.1) is 0 Å². The minimum absolute atomic E-state index is 0.0131. The second-order valence-electron chi connectivity index (χ2n) is 2.87. The molecule has 0 radical (unpaired) electrons. The van der Waals surface area contributed by atoms with E-state index in [0.717, 1.165) is 13.3 Å². The van der Waals surface area contributed by atoms with Crippen molar-refractivity contribution < 1.29 is 13.5 Å². The van der Waals surface area contributed by atoms with Gasteiger partial charge in [-0.3, -0.25) is 0 Å². The highest BCUT2D eigenvalue weighted by molar-refractivity contribution is 4.63. The van der Waals surface area contributed by atoms with E-state index in [1.807, 2.05) is 6.92 Å². The minimum Gasteiger partial charge on any atom is -0.381 e. The monoisotopic (exact) mass is 166 g/mol. The third-order valence-electron chi connectivity index (χ3n) is 1.69. The lowest BCUT2D eigenvalue weighted by atomic mass is 10.1. The first-order chi connectivity index (χ1) is 4.99. The summed E-state index contributed by atoms with van der Waals surface area (Å²) in [6.07, 6.45) is 1.14. The lowest BCUT2D eigenvalue weighted by molar-refractivity contribution is -0.00888. The van der Waals surface area contributed by atoms with Gasteiger partial charge >= 0.3 is 0 Å². The average Bonchev–Trinajstić information content (AvgIpc) is 1.88. The van der Waals surface area contributed by atoms with E-state index in [0.29, 0.717) is 6.42 Å². The second kappa shape index (κ2) is 4.65. The molecular weight excluding hydrogens is 150 g/mol. The summed E-state index contributed by atoms with van der Waals surface area (Å²) in [6, 6.07) is 0. The van der Waals surface area contributed by atoms with Crippen LogP contribution in [0.5, 0.6) is 0 Å². The molecule has 0 amide bonds. The third-order valence-corrected chi connectivity index (χ3v) is 1.69. The molecule has 0 unspecified atom stereocenters. The van der Waals surface area contributed by atoms with Crippen LogP contribution in [0.15, 0.2) is 0 Å². The molecule has 0 spiro atoms. The Bertz CT molecular complexity index is 94.8. The number of rotatable bonds is 5. The fraction of sp³-hybridized carbons (Fsp3) is 1.00. The molecule has 68 valence electrons. The van der Waals surface area contributed by atoms with Crippen LogP contribution in [0.1, 0.15) is 33.1 Å². The van der Waals surface area contributed by atoms with Gasteiger partial charge in [-0.1, -0.05) is 6.92 Å². The van der Waals surface area contributed by atoms with Gasteiger partial charge in [0.2, 0.25) is 5.92 Å². The average molecular weight is 166 g/mol. The molecule has 3 heteroatoms. The van der Waals surface area contributed by atoms with E-state index in [-0.39, 0.29) is 12.5 Å². The lowest BCUT2D eigenvalue weighted by Crippen LogP contribution is -2.16. The Kier molecular flexibility index (Phi) is 4.57. The predicted octanol–water partition coefficient (Wildman–Crippen LogP) is 2.85. The van der Waals surface area contributed by atoms with E-state index < -0.39 is 5.92 Å². The summed E-state index contributed by atoms with van der Waals surface area (Å²) in [5.41, 5.74) is 0. The Morgan fingerprint density at radius 1 is 1.45 bits per heavy atom. The highest BCUT2D eigenvalue weighted by Crippen LogP contribution is 2.21. The molecule has 0 aromatic carbocycles. The molecule has 0 aromatic heterocycles. The maximum atomic E-state index is 12.3. The van der Waals surface area contributed by atoms with Gasteiger partial charge in [0, 0.05) is 13.5 Å². The van der Waals surface area contributed by atoms with E-state index >= 15 is 0 Å². The van der Waals surface area contributed by atoms with Gasteiger partial charge in [0.25, 0.3) is 0 Å². The Labute approximate surface area is 66.7 Å². The normalized spacial score (nSPS) is 15.0. The maximum absolute atomic E-state index is 12.3. The number of ether oxygens (including phenoxy) is 1. The van der Waals surface area contributed by atoms with E-state index in [1.165, 1.54) is 0 Å². The SMILES string of the molecule is CC[C@@H](CCC(C)(F)F)OC. The van der Waals surface area contributed by atoms with Crippen molar-refractivity contribution in [1.82, 2.24) is 0 Å². The van der Waals surface area contributed by atoms with Gasteiger partial charge < -0.3 is 4.74 Å². The molecule has 0 bridgehead atoms. The number of halogens is 2. The topological polar surface area (TPSA) is 9.23 Å². The Morgan fingerprint density at radius 3 is 2.27 bits per heavy atom. The maximum Gasteiger partial charge on any atom is 0.245 e. The van der Waals surface area contributed by atoms with E-state index in [9.17, 15) is 8.78 Å². The number of alkyl halides is 2. The molecule has 1 atom stereocenters. The van der Waals surface area contributed by atoms with Crippen LogP contribution in [0.3, 0.4) is 0 Å². The Morgan fingerprint density at radius 2 is 2.00 bits per heavy atom. The van der Waals surface area contributed by atoms with Crippen LogP contribution < -0.4 is 0 Å². The summed E-state index contributed by atoms with van der Waals surface area (Å²) in [4.78, 5) is 0. The van der Waals surface area contributed by atoms with Gasteiger partial charge in [0.05, 0.1) is 6.10 Å². The summed E-state index contributed by atoms with van der Waals surface area (Å²) >= 11 is 0. The third kappa shape index (κ3) is 6.23. The zero-order valence-corrected chi connectivity index (χ0v) is 7.36. The Balaban J connectivity index is 3.51. The highest BCUT2D eigenvalue weighted by Gasteiger charge is 2.22. The predicted molar refractivity (Wildman–Crippen MR) is 40.9 cm³/mol. The van der Waals surface area contributed by atoms with Gasteiger partial charge in [0.15, 0.2) is 0 Å². The molecule has 0 heterocycles. The standard InChI is InChI=1S/C8H16F2O/c1-4-7(11-3)5-6-8(2,9)10/h7H,4-6H2,1-3H3/t7-/m0/s1. The molecule has 0 aromatic rings. The van der Waals surface area contributed by atoms with Crippen LogP contribution in [-0.2, 0) is 4.74 Å².